The maximum absolute atomic E-state index is 10.7. The number of aliphatic carboxylic acids is 1. The van der Waals surface area contributed by atoms with Gasteiger partial charge in [-0.2, -0.15) is 0 Å². The minimum atomic E-state index is -1.08. The number of aliphatic hydroxyl groups excluding tert-OH is 2. The highest BCUT2D eigenvalue weighted by molar-refractivity contribution is 7.99. The predicted octanol–water partition coefficient (Wildman–Crippen LogP) is 3.67. The van der Waals surface area contributed by atoms with Crippen LogP contribution in [0.5, 0.6) is 5.75 Å². The van der Waals surface area contributed by atoms with Crippen LogP contribution in [0.4, 0.5) is 0 Å². The van der Waals surface area contributed by atoms with Gasteiger partial charge in [-0.05, 0) is 23.0 Å². The van der Waals surface area contributed by atoms with Crippen molar-refractivity contribution in [2.24, 2.45) is 0 Å². The van der Waals surface area contributed by atoms with Crippen molar-refractivity contribution >= 4 is 17.7 Å². The Morgan fingerprint density at radius 2 is 1.46 bits per heavy atom. The number of thioether (sulfide) groups is 1. The lowest BCUT2D eigenvalue weighted by molar-refractivity contribution is -0.139. The molecule has 2 atom stereocenters. The number of phenolic OH excluding ortho intramolecular Hbond substituents is 1. The first-order chi connectivity index (χ1) is 11.7. The van der Waals surface area contributed by atoms with Gasteiger partial charge in [0.25, 0.3) is 0 Å². The lowest BCUT2D eigenvalue weighted by atomic mass is 9.79. The van der Waals surface area contributed by atoms with E-state index in [1.165, 1.54) is 11.8 Å². The largest absolute Gasteiger partial charge is 0.507 e. The molecule has 0 saturated carbocycles. The summed E-state index contributed by atoms with van der Waals surface area (Å²) in [6.07, 6.45) is -2.21. The van der Waals surface area contributed by atoms with Crippen LogP contribution in [0.2, 0.25) is 0 Å². The number of aliphatic hydroxyl groups is 2. The maximum atomic E-state index is 10.7. The highest BCUT2D eigenvalue weighted by Gasteiger charge is 2.27. The Kier molecular flexibility index (Phi) is 7.57. The first-order valence-electron chi connectivity index (χ1n) is 8.80. The van der Waals surface area contributed by atoms with E-state index < -0.39 is 18.2 Å². The average molecular weight is 385 g/mol. The molecule has 0 saturated heterocycles. The van der Waals surface area contributed by atoms with Crippen molar-refractivity contribution in [1.29, 1.82) is 0 Å². The molecule has 0 fully saturated rings. The SMILES string of the molecule is CC(C)(C)c1cc(SC[C@@H](O)C[C@@H](O)CC(=O)O)cc(C(C)(C)C)c1O. The van der Waals surface area contributed by atoms with Crippen LogP contribution in [0, 0.1) is 0 Å². The Morgan fingerprint density at radius 1 is 1.00 bits per heavy atom. The molecule has 1 aromatic rings. The zero-order valence-electron chi connectivity index (χ0n) is 16.5. The third-order valence-corrected chi connectivity index (χ3v) is 5.22. The number of hydrogen-bond donors (Lipinski definition) is 4. The third-order valence-electron chi connectivity index (χ3n) is 4.10. The standard InChI is InChI=1S/C20H32O5S/c1-19(2,3)15-9-14(10-16(18(15)25)20(4,5)6)26-11-13(22)7-12(21)8-17(23)24/h9-10,12-13,21-22,25H,7-8,11H2,1-6H3,(H,23,24)/t12-,13+/m1/s1. The molecule has 5 nitrogen and oxygen atoms in total. The fourth-order valence-electron chi connectivity index (χ4n) is 2.69. The zero-order chi connectivity index (χ0) is 20.3. The maximum Gasteiger partial charge on any atom is 0.305 e. The van der Waals surface area contributed by atoms with Crippen LogP contribution >= 0.6 is 11.8 Å². The lowest BCUT2D eigenvalue weighted by Crippen LogP contribution is -2.22. The molecule has 0 radical (unpaired) electrons. The van der Waals surface area contributed by atoms with E-state index in [2.05, 4.69) is 0 Å². The van der Waals surface area contributed by atoms with Gasteiger partial charge in [0.2, 0.25) is 0 Å². The van der Waals surface area contributed by atoms with Gasteiger partial charge in [0.15, 0.2) is 0 Å². The molecule has 0 spiro atoms. The summed E-state index contributed by atoms with van der Waals surface area (Å²) in [5.41, 5.74) is 1.26. The van der Waals surface area contributed by atoms with Crippen LogP contribution < -0.4 is 0 Å². The van der Waals surface area contributed by atoms with E-state index in [0.29, 0.717) is 11.5 Å². The van der Waals surface area contributed by atoms with Gasteiger partial charge in [-0.15, -0.1) is 11.8 Å². The van der Waals surface area contributed by atoms with Crippen molar-refractivity contribution in [2.75, 3.05) is 5.75 Å². The molecule has 4 N–H and O–H groups in total. The molecule has 0 aliphatic rings. The van der Waals surface area contributed by atoms with Gasteiger partial charge in [0.1, 0.15) is 5.75 Å². The van der Waals surface area contributed by atoms with E-state index >= 15 is 0 Å². The molecule has 0 aliphatic heterocycles. The van der Waals surface area contributed by atoms with E-state index in [-0.39, 0.29) is 23.7 Å². The van der Waals surface area contributed by atoms with Gasteiger partial charge in [0.05, 0.1) is 18.6 Å². The third kappa shape index (κ3) is 6.82. The molecule has 148 valence electrons. The van der Waals surface area contributed by atoms with Crippen LogP contribution in [-0.4, -0.2) is 44.4 Å². The molecule has 26 heavy (non-hydrogen) atoms. The summed E-state index contributed by atoms with van der Waals surface area (Å²) in [5, 5.41) is 39.1. The molecule has 0 heterocycles. The normalized spacial score (nSPS) is 14.9. The van der Waals surface area contributed by atoms with Crippen molar-refractivity contribution in [3.05, 3.63) is 23.3 Å². The van der Waals surface area contributed by atoms with Gasteiger partial charge in [-0.25, -0.2) is 0 Å². The minimum absolute atomic E-state index is 0.0235. The summed E-state index contributed by atoms with van der Waals surface area (Å²) in [4.78, 5) is 11.5. The van der Waals surface area contributed by atoms with Gasteiger partial charge in [-0.1, -0.05) is 41.5 Å². The molecule has 1 rings (SSSR count). The van der Waals surface area contributed by atoms with Crippen LogP contribution in [0.3, 0.4) is 0 Å². The Bertz CT molecular complexity index is 593. The van der Waals surface area contributed by atoms with Crippen LogP contribution in [0.15, 0.2) is 17.0 Å². The minimum Gasteiger partial charge on any atom is -0.507 e. The fourth-order valence-corrected chi connectivity index (χ4v) is 3.62. The predicted molar refractivity (Wildman–Crippen MR) is 105 cm³/mol. The quantitative estimate of drug-likeness (QED) is 0.536. The Morgan fingerprint density at radius 3 is 1.85 bits per heavy atom. The summed E-state index contributed by atoms with van der Waals surface area (Å²) >= 11 is 1.44. The zero-order valence-corrected chi connectivity index (χ0v) is 17.4. The van der Waals surface area contributed by atoms with Crippen LogP contribution in [0.25, 0.3) is 0 Å². The molecule has 0 amide bonds. The van der Waals surface area contributed by atoms with Gasteiger partial charge >= 0.3 is 5.97 Å². The molecule has 0 bridgehead atoms. The van der Waals surface area contributed by atoms with E-state index in [4.69, 9.17) is 5.11 Å². The first-order valence-corrected chi connectivity index (χ1v) is 9.79. The number of phenols is 1. The average Bonchev–Trinajstić information content (AvgIpc) is 2.42. The van der Waals surface area contributed by atoms with Crippen molar-refractivity contribution < 1.29 is 25.2 Å². The molecule has 6 heteroatoms. The van der Waals surface area contributed by atoms with Crippen LogP contribution in [-0.2, 0) is 15.6 Å². The number of carboxylic acid groups (broad SMARTS) is 1. The van der Waals surface area contributed by atoms with Gasteiger partial charge < -0.3 is 20.4 Å². The second kappa shape index (κ2) is 8.63. The summed E-state index contributed by atoms with van der Waals surface area (Å²) in [6, 6.07) is 3.88. The monoisotopic (exact) mass is 384 g/mol. The van der Waals surface area contributed by atoms with Crippen molar-refractivity contribution in [3.63, 3.8) is 0 Å². The molecular weight excluding hydrogens is 352 g/mol. The molecular formula is C20H32O5S. The van der Waals surface area contributed by atoms with E-state index in [0.717, 1.165) is 16.0 Å². The molecule has 0 aliphatic carbocycles. The van der Waals surface area contributed by atoms with Crippen molar-refractivity contribution in [1.82, 2.24) is 0 Å². The summed E-state index contributed by atoms with van der Waals surface area (Å²) in [6.45, 7) is 12.3. The van der Waals surface area contributed by atoms with E-state index in [1.807, 2.05) is 53.7 Å². The number of aromatic hydroxyl groups is 1. The van der Waals surface area contributed by atoms with E-state index in [9.17, 15) is 20.1 Å². The molecule has 0 unspecified atom stereocenters. The highest BCUT2D eigenvalue weighted by Crippen LogP contribution is 2.41. The Balaban J connectivity index is 2.98. The molecule has 0 aromatic heterocycles. The smallest absolute Gasteiger partial charge is 0.305 e. The Hall–Kier alpha value is -1.24. The second-order valence-corrected chi connectivity index (χ2v) is 9.91. The summed E-state index contributed by atoms with van der Waals surface area (Å²) in [7, 11) is 0. The number of carboxylic acids is 1. The topological polar surface area (TPSA) is 98.0 Å². The number of rotatable bonds is 7. The fraction of sp³-hybridized carbons (Fsp3) is 0.650. The second-order valence-electron chi connectivity index (χ2n) is 8.82. The highest BCUT2D eigenvalue weighted by atomic mass is 32.2. The van der Waals surface area contributed by atoms with Crippen molar-refractivity contribution in [3.8, 4) is 5.75 Å². The number of benzene rings is 1. The van der Waals surface area contributed by atoms with Crippen molar-refractivity contribution in [2.45, 2.75) is 82.3 Å². The summed E-state index contributed by atoms with van der Waals surface area (Å²) in [5.74, 6) is -0.429. The first kappa shape index (κ1) is 22.8. The summed E-state index contributed by atoms with van der Waals surface area (Å²) < 4.78 is 0. The van der Waals surface area contributed by atoms with Crippen LogP contribution in [0.1, 0.15) is 65.5 Å². The van der Waals surface area contributed by atoms with Gasteiger partial charge in [-0.3, -0.25) is 4.79 Å². The lowest BCUT2D eigenvalue weighted by Gasteiger charge is -2.28. The number of carbonyl (C=O) groups is 1. The molecule has 1 aromatic carbocycles. The van der Waals surface area contributed by atoms with Gasteiger partial charge in [0, 0.05) is 28.2 Å². The Labute approximate surface area is 160 Å². The van der Waals surface area contributed by atoms with E-state index in [1.54, 1.807) is 0 Å². The number of hydrogen-bond acceptors (Lipinski definition) is 5.